The maximum absolute atomic E-state index is 12.4. The van der Waals surface area contributed by atoms with E-state index in [0.29, 0.717) is 0 Å². The van der Waals surface area contributed by atoms with E-state index in [-0.39, 0.29) is 10.7 Å². The molecule has 24 heavy (non-hydrogen) atoms. The van der Waals surface area contributed by atoms with Gasteiger partial charge in [-0.2, -0.15) is 0 Å². The van der Waals surface area contributed by atoms with Crippen LogP contribution >= 0.6 is 0 Å². The third-order valence-electron chi connectivity index (χ3n) is 3.77. The lowest BCUT2D eigenvalue weighted by Gasteiger charge is -2.17. The second-order valence-electron chi connectivity index (χ2n) is 5.65. The molecule has 0 spiro atoms. The molecule has 6 nitrogen and oxygen atoms in total. The van der Waals surface area contributed by atoms with Crippen LogP contribution in [-0.2, 0) is 16.4 Å². The molecule has 2 rings (SSSR count). The summed E-state index contributed by atoms with van der Waals surface area (Å²) in [5.41, 5.74) is 1.09. The Morgan fingerprint density at radius 2 is 1.75 bits per heavy atom. The van der Waals surface area contributed by atoms with Crippen molar-refractivity contribution in [2.45, 2.75) is 38.0 Å². The van der Waals surface area contributed by atoms with Gasteiger partial charge in [0.1, 0.15) is 0 Å². The first-order valence-electron chi connectivity index (χ1n) is 8.13. The highest BCUT2D eigenvalue weighted by Crippen LogP contribution is 2.16. The molecule has 0 atom stereocenters. The van der Waals surface area contributed by atoms with Crippen LogP contribution in [0.15, 0.2) is 41.3 Å². The van der Waals surface area contributed by atoms with Gasteiger partial charge in [0, 0.05) is 13.6 Å². The zero-order valence-corrected chi connectivity index (χ0v) is 15.2. The molecule has 0 saturated carbocycles. The summed E-state index contributed by atoms with van der Waals surface area (Å²) in [5, 5.41) is 8.06. The molecular weight excluding hydrogens is 324 g/mol. The molecule has 0 bridgehead atoms. The van der Waals surface area contributed by atoms with Crippen molar-refractivity contribution in [1.29, 1.82) is 0 Å². The predicted molar refractivity (Wildman–Crippen MR) is 96.8 cm³/mol. The molecule has 2 aromatic rings. The second kappa shape index (κ2) is 8.10. The van der Waals surface area contributed by atoms with Gasteiger partial charge in [-0.15, -0.1) is 10.2 Å². The maximum atomic E-state index is 12.4. The molecule has 7 heteroatoms. The molecule has 1 N–H and O–H groups in total. The molecule has 1 aromatic heterocycles. The Balaban J connectivity index is 2.09. The van der Waals surface area contributed by atoms with Gasteiger partial charge in [0.15, 0.2) is 11.6 Å². The summed E-state index contributed by atoms with van der Waals surface area (Å²) in [6, 6.07) is 10.2. The summed E-state index contributed by atoms with van der Waals surface area (Å²) in [7, 11) is -1.71. The molecule has 0 radical (unpaired) electrons. The highest BCUT2D eigenvalue weighted by molar-refractivity contribution is 7.92. The average Bonchev–Trinajstić information content (AvgIpc) is 2.60. The Hall–Kier alpha value is -2.15. The van der Waals surface area contributed by atoms with Gasteiger partial charge in [-0.3, -0.25) is 4.72 Å². The number of rotatable bonds is 8. The van der Waals surface area contributed by atoms with Gasteiger partial charge in [0.2, 0.25) is 0 Å². The van der Waals surface area contributed by atoms with E-state index in [2.05, 4.69) is 21.8 Å². The smallest absolute Gasteiger partial charge is 0.263 e. The zero-order valence-electron chi connectivity index (χ0n) is 14.4. The number of sulfonamides is 1. The van der Waals surface area contributed by atoms with E-state index in [1.165, 1.54) is 0 Å². The second-order valence-corrected chi connectivity index (χ2v) is 7.34. The van der Waals surface area contributed by atoms with Gasteiger partial charge >= 0.3 is 0 Å². The summed E-state index contributed by atoms with van der Waals surface area (Å²) in [5.74, 6) is 0.931. The Kier molecular flexibility index (Phi) is 6.14. The minimum Gasteiger partial charge on any atom is -0.358 e. The van der Waals surface area contributed by atoms with Gasteiger partial charge < -0.3 is 4.90 Å². The van der Waals surface area contributed by atoms with E-state index in [1.807, 2.05) is 31.0 Å². The topological polar surface area (TPSA) is 75.2 Å². The van der Waals surface area contributed by atoms with E-state index in [9.17, 15) is 8.42 Å². The Morgan fingerprint density at radius 3 is 2.29 bits per heavy atom. The van der Waals surface area contributed by atoms with Crippen molar-refractivity contribution in [2.75, 3.05) is 23.2 Å². The lowest BCUT2D eigenvalue weighted by Crippen LogP contribution is -2.20. The number of aryl methyl sites for hydroxylation is 1. The number of unbranched alkanes of at least 4 members (excludes halogenated alkanes) is 1. The third kappa shape index (κ3) is 4.67. The van der Waals surface area contributed by atoms with Crippen molar-refractivity contribution < 1.29 is 8.42 Å². The van der Waals surface area contributed by atoms with Gasteiger partial charge in [-0.25, -0.2) is 8.42 Å². The lowest BCUT2D eigenvalue weighted by atomic mass is 10.2. The highest BCUT2D eigenvalue weighted by Gasteiger charge is 2.15. The fraction of sp³-hybridized carbons (Fsp3) is 0.412. The largest absolute Gasteiger partial charge is 0.358 e. The number of nitrogens with one attached hydrogen (secondary N) is 1. The quantitative estimate of drug-likeness (QED) is 0.793. The third-order valence-corrected chi connectivity index (χ3v) is 5.14. The van der Waals surface area contributed by atoms with E-state index in [4.69, 9.17) is 0 Å². The lowest BCUT2D eigenvalue weighted by molar-refractivity contribution is 0.601. The summed E-state index contributed by atoms with van der Waals surface area (Å²) in [6.45, 7) is 5.04. The van der Waals surface area contributed by atoms with Gasteiger partial charge in [-0.05, 0) is 42.7 Å². The van der Waals surface area contributed by atoms with E-state index in [0.717, 1.165) is 37.2 Å². The molecule has 0 fully saturated rings. The molecule has 0 aliphatic carbocycles. The normalized spacial score (nSPS) is 11.3. The first kappa shape index (κ1) is 18.2. The number of benzene rings is 1. The van der Waals surface area contributed by atoms with Crippen molar-refractivity contribution in [3.63, 3.8) is 0 Å². The molecule has 130 valence electrons. The monoisotopic (exact) mass is 348 g/mol. The van der Waals surface area contributed by atoms with Crippen LogP contribution in [0.25, 0.3) is 0 Å². The van der Waals surface area contributed by atoms with Crippen LogP contribution in [0.3, 0.4) is 0 Å². The Bertz CT molecular complexity index is 743. The van der Waals surface area contributed by atoms with E-state index in [1.54, 1.807) is 24.3 Å². The first-order chi connectivity index (χ1) is 11.5. The summed E-state index contributed by atoms with van der Waals surface area (Å²) in [6.07, 6.45) is 3.04. The summed E-state index contributed by atoms with van der Waals surface area (Å²) < 4.78 is 27.2. The Morgan fingerprint density at radius 1 is 1.04 bits per heavy atom. The number of hydrogen-bond acceptors (Lipinski definition) is 5. The van der Waals surface area contributed by atoms with Crippen LogP contribution in [0.2, 0.25) is 0 Å². The fourth-order valence-electron chi connectivity index (χ4n) is 2.19. The Labute approximate surface area is 144 Å². The first-order valence-corrected chi connectivity index (χ1v) is 9.61. The number of anilines is 2. The van der Waals surface area contributed by atoms with Crippen molar-refractivity contribution in [3.8, 4) is 0 Å². The molecule has 0 saturated heterocycles. The predicted octanol–water partition coefficient (Wildman–Crippen LogP) is 3.08. The van der Waals surface area contributed by atoms with Crippen LogP contribution < -0.4 is 9.62 Å². The van der Waals surface area contributed by atoms with E-state index < -0.39 is 10.0 Å². The van der Waals surface area contributed by atoms with Crippen LogP contribution in [0.1, 0.15) is 32.3 Å². The standard InChI is InChI=1S/C17H24N4O2S/c1-4-6-13-21(3)17-12-11-16(18-19-17)20-24(22,23)15-9-7-14(5-2)8-10-15/h7-12H,4-6,13H2,1-3H3,(H,18,20). The van der Waals surface area contributed by atoms with Gasteiger partial charge in [0.05, 0.1) is 4.90 Å². The van der Waals surface area contributed by atoms with Crippen LogP contribution in [0.4, 0.5) is 11.6 Å². The highest BCUT2D eigenvalue weighted by atomic mass is 32.2. The van der Waals surface area contributed by atoms with Crippen molar-refractivity contribution in [1.82, 2.24) is 10.2 Å². The molecule has 0 aliphatic rings. The fourth-order valence-corrected chi connectivity index (χ4v) is 3.19. The van der Waals surface area contributed by atoms with Gasteiger partial charge in [-0.1, -0.05) is 32.4 Å². The summed E-state index contributed by atoms with van der Waals surface area (Å²) >= 11 is 0. The number of hydrogen-bond donors (Lipinski definition) is 1. The van der Waals surface area contributed by atoms with Crippen molar-refractivity contribution >= 4 is 21.7 Å². The minimum absolute atomic E-state index is 0.210. The minimum atomic E-state index is -3.65. The van der Waals surface area contributed by atoms with Gasteiger partial charge in [0.25, 0.3) is 10.0 Å². The molecule has 0 amide bonds. The molecule has 0 aliphatic heterocycles. The van der Waals surface area contributed by atoms with Crippen LogP contribution in [-0.4, -0.2) is 32.2 Å². The maximum Gasteiger partial charge on any atom is 0.263 e. The number of nitrogens with zero attached hydrogens (tertiary/aromatic N) is 3. The van der Waals surface area contributed by atoms with Crippen molar-refractivity contribution in [3.05, 3.63) is 42.0 Å². The number of aromatic nitrogens is 2. The zero-order chi connectivity index (χ0) is 17.6. The molecule has 1 aromatic carbocycles. The average molecular weight is 348 g/mol. The molecular formula is C17H24N4O2S. The van der Waals surface area contributed by atoms with Crippen LogP contribution in [0.5, 0.6) is 0 Å². The molecule has 1 heterocycles. The van der Waals surface area contributed by atoms with Crippen molar-refractivity contribution in [2.24, 2.45) is 0 Å². The SMILES string of the molecule is CCCCN(C)c1ccc(NS(=O)(=O)c2ccc(CC)cc2)nn1. The molecule has 0 unspecified atom stereocenters. The summed E-state index contributed by atoms with van der Waals surface area (Å²) in [4.78, 5) is 2.21. The van der Waals surface area contributed by atoms with E-state index >= 15 is 0 Å². The van der Waals surface area contributed by atoms with Crippen LogP contribution in [0, 0.1) is 0 Å².